The van der Waals surface area contributed by atoms with Gasteiger partial charge in [-0.1, -0.05) is 11.8 Å². The van der Waals surface area contributed by atoms with Crippen molar-refractivity contribution in [3.05, 3.63) is 18.9 Å². The highest BCUT2D eigenvalue weighted by molar-refractivity contribution is 5.97. The van der Waals surface area contributed by atoms with Gasteiger partial charge in [0.1, 0.15) is 0 Å². The summed E-state index contributed by atoms with van der Waals surface area (Å²) in [4.78, 5) is 10.8. The van der Waals surface area contributed by atoms with Gasteiger partial charge in [-0.25, -0.2) is 0 Å². The fourth-order valence-electron chi connectivity index (χ4n) is 0.687. The second-order valence-corrected chi connectivity index (χ2v) is 2.15. The van der Waals surface area contributed by atoms with Crippen molar-refractivity contribution in [2.75, 3.05) is 5.32 Å². The summed E-state index contributed by atoms with van der Waals surface area (Å²) in [6.45, 7) is 5.99. The first kappa shape index (κ1) is 8.45. The molecule has 1 aromatic heterocycles. The molecule has 0 unspecified atom stereocenters. The van der Waals surface area contributed by atoms with Crippen molar-refractivity contribution in [3.63, 3.8) is 0 Å². The van der Waals surface area contributed by atoms with Crippen LogP contribution in [-0.2, 0) is 11.3 Å². The number of anilines is 1. The standard InChI is InChI=1S/C7H10N4O/c1-3-7(12)8-6-5-11(4-2)10-9-6/h3,5H,1,4H2,2H3,(H,8,12). The quantitative estimate of drug-likeness (QED) is 0.662. The lowest BCUT2D eigenvalue weighted by molar-refractivity contribution is -0.111. The summed E-state index contributed by atoms with van der Waals surface area (Å²) < 4.78 is 1.62. The van der Waals surface area contributed by atoms with Crippen LogP contribution in [0.3, 0.4) is 0 Å². The Morgan fingerprint density at radius 1 is 1.92 bits per heavy atom. The van der Waals surface area contributed by atoms with E-state index in [-0.39, 0.29) is 5.91 Å². The molecule has 5 heteroatoms. The summed E-state index contributed by atoms with van der Waals surface area (Å²) in [7, 11) is 0. The molecule has 0 atom stereocenters. The van der Waals surface area contributed by atoms with E-state index in [1.807, 2.05) is 6.92 Å². The van der Waals surface area contributed by atoms with Crippen LogP contribution in [0.5, 0.6) is 0 Å². The van der Waals surface area contributed by atoms with Crippen LogP contribution in [0.2, 0.25) is 0 Å². The first-order valence-electron chi connectivity index (χ1n) is 3.59. The molecule has 0 aliphatic rings. The molecule has 0 bridgehead atoms. The van der Waals surface area contributed by atoms with Gasteiger partial charge in [-0.3, -0.25) is 9.48 Å². The minimum Gasteiger partial charge on any atom is -0.304 e. The van der Waals surface area contributed by atoms with Crippen LogP contribution >= 0.6 is 0 Å². The molecule has 5 nitrogen and oxygen atoms in total. The first-order chi connectivity index (χ1) is 5.76. The van der Waals surface area contributed by atoms with E-state index in [0.29, 0.717) is 5.82 Å². The van der Waals surface area contributed by atoms with Crippen LogP contribution in [-0.4, -0.2) is 20.9 Å². The summed E-state index contributed by atoms with van der Waals surface area (Å²) in [6, 6.07) is 0. The van der Waals surface area contributed by atoms with Crippen LogP contribution < -0.4 is 5.32 Å². The Balaban J connectivity index is 2.63. The van der Waals surface area contributed by atoms with E-state index in [9.17, 15) is 4.79 Å². The molecular formula is C7H10N4O. The lowest BCUT2D eigenvalue weighted by atomic mass is 10.5. The normalized spacial score (nSPS) is 9.42. The average Bonchev–Trinajstić information content (AvgIpc) is 2.52. The molecule has 1 N–H and O–H groups in total. The second kappa shape index (κ2) is 3.66. The number of aromatic nitrogens is 3. The molecule has 12 heavy (non-hydrogen) atoms. The molecule has 1 rings (SSSR count). The number of hydrogen-bond donors (Lipinski definition) is 1. The fraction of sp³-hybridized carbons (Fsp3) is 0.286. The molecule has 1 heterocycles. The maximum atomic E-state index is 10.8. The van der Waals surface area contributed by atoms with Crippen molar-refractivity contribution in [3.8, 4) is 0 Å². The van der Waals surface area contributed by atoms with E-state index < -0.39 is 0 Å². The van der Waals surface area contributed by atoms with Crippen molar-refractivity contribution in [1.29, 1.82) is 0 Å². The van der Waals surface area contributed by atoms with E-state index in [4.69, 9.17) is 0 Å². The number of carbonyl (C=O) groups excluding carboxylic acids is 1. The minimum absolute atomic E-state index is 0.279. The van der Waals surface area contributed by atoms with Gasteiger partial charge in [-0.15, -0.1) is 5.10 Å². The maximum Gasteiger partial charge on any atom is 0.249 e. The zero-order valence-corrected chi connectivity index (χ0v) is 6.82. The lowest BCUT2D eigenvalue weighted by Gasteiger charge is -1.92. The SMILES string of the molecule is C=CC(=O)Nc1cn(CC)nn1. The molecule has 1 aromatic rings. The highest BCUT2D eigenvalue weighted by Gasteiger charge is 2.00. The van der Waals surface area contributed by atoms with Crippen molar-refractivity contribution < 1.29 is 4.79 Å². The zero-order valence-electron chi connectivity index (χ0n) is 6.82. The van der Waals surface area contributed by atoms with E-state index in [2.05, 4.69) is 22.2 Å². The molecular weight excluding hydrogens is 156 g/mol. The van der Waals surface area contributed by atoms with Crippen molar-refractivity contribution in [2.24, 2.45) is 0 Å². The summed E-state index contributed by atoms with van der Waals surface area (Å²) in [5, 5.41) is 9.94. The van der Waals surface area contributed by atoms with Crippen LogP contribution in [0.25, 0.3) is 0 Å². The average molecular weight is 166 g/mol. The Kier molecular flexibility index (Phi) is 2.57. The number of nitrogens with zero attached hydrogens (tertiary/aromatic N) is 3. The predicted molar refractivity (Wildman–Crippen MR) is 44.5 cm³/mol. The van der Waals surface area contributed by atoms with Crippen LogP contribution in [0.15, 0.2) is 18.9 Å². The number of hydrogen-bond acceptors (Lipinski definition) is 3. The van der Waals surface area contributed by atoms with Crippen molar-refractivity contribution >= 4 is 11.7 Å². The predicted octanol–water partition coefficient (Wildman–Crippen LogP) is 0.422. The Labute approximate surface area is 70.1 Å². The lowest BCUT2D eigenvalue weighted by Crippen LogP contribution is -2.07. The second-order valence-electron chi connectivity index (χ2n) is 2.15. The van der Waals surface area contributed by atoms with Gasteiger partial charge < -0.3 is 5.32 Å². The first-order valence-corrected chi connectivity index (χ1v) is 3.59. The summed E-state index contributed by atoms with van der Waals surface area (Å²) in [5.74, 6) is 0.167. The Morgan fingerprint density at radius 3 is 3.17 bits per heavy atom. The van der Waals surface area contributed by atoms with Gasteiger partial charge in [0.25, 0.3) is 0 Å². The largest absolute Gasteiger partial charge is 0.304 e. The molecule has 0 saturated heterocycles. The Hall–Kier alpha value is -1.65. The van der Waals surface area contributed by atoms with Gasteiger partial charge in [0.05, 0.1) is 6.20 Å². The molecule has 0 radical (unpaired) electrons. The van der Waals surface area contributed by atoms with Gasteiger partial charge in [-0.05, 0) is 13.0 Å². The number of nitrogens with one attached hydrogen (secondary N) is 1. The highest BCUT2D eigenvalue weighted by Crippen LogP contribution is 1.98. The number of rotatable bonds is 3. The molecule has 0 fully saturated rings. The number of amides is 1. The molecule has 1 amide bonds. The van der Waals surface area contributed by atoms with Crippen LogP contribution in [0.4, 0.5) is 5.82 Å². The smallest absolute Gasteiger partial charge is 0.249 e. The van der Waals surface area contributed by atoms with Gasteiger partial charge in [0, 0.05) is 6.54 Å². The third kappa shape index (κ3) is 1.91. The molecule has 0 aliphatic carbocycles. The molecule has 64 valence electrons. The molecule has 0 aromatic carbocycles. The highest BCUT2D eigenvalue weighted by atomic mass is 16.1. The monoisotopic (exact) mass is 166 g/mol. The Bertz CT molecular complexity index is 291. The zero-order chi connectivity index (χ0) is 8.97. The topological polar surface area (TPSA) is 59.8 Å². The van der Waals surface area contributed by atoms with Crippen molar-refractivity contribution in [2.45, 2.75) is 13.5 Å². The van der Waals surface area contributed by atoms with Gasteiger partial charge in [0.2, 0.25) is 5.91 Å². The minimum atomic E-state index is -0.279. The van der Waals surface area contributed by atoms with Gasteiger partial charge >= 0.3 is 0 Å². The van der Waals surface area contributed by atoms with Gasteiger partial charge in [-0.2, -0.15) is 0 Å². The third-order valence-corrected chi connectivity index (χ3v) is 1.30. The summed E-state index contributed by atoms with van der Waals surface area (Å²) in [6.07, 6.45) is 2.84. The third-order valence-electron chi connectivity index (χ3n) is 1.30. The summed E-state index contributed by atoms with van der Waals surface area (Å²) >= 11 is 0. The van der Waals surface area contributed by atoms with Crippen LogP contribution in [0.1, 0.15) is 6.92 Å². The van der Waals surface area contributed by atoms with E-state index in [0.717, 1.165) is 6.54 Å². The maximum absolute atomic E-state index is 10.8. The summed E-state index contributed by atoms with van der Waals surface area (Å²) in [5.41, 5.74) is 0. The fourth-order valence-corrected chi connectivity index (χ4v) is 0.687. The van der Waals surface area contributed by atoms with Gasteiger partial charge in [0.15, 0.2) is 5.82 Å². The number of aryl methyl sites for hydroxylation is 1. The van der Waals surface area contributed by atoms with Crippen molar-refractivity contribution in [1.82, 2.24) is 15.0 Å². The molecule has 0 spiro atoms. The van der Waals surface area contributed by atoms with Crippen LogP contribution in [0, 0.1) is 0 Å². The Morgan fingerprint density at radius 2 is 2.67 bits per heavy atom. The molecule has 0 saturated carbocycles. The number of carbonyl (C=O) groups is 1. The van der Waals surface area contributed by atoms with E-state index in [1.165, 1.54) is 6.08 Å². The molecule has 0 aliphatic heterocycles. The van der Waals surface area contributed by atoms with E-state index >= 15 is 0 Å². The van der Waals surface area contributed by atoms with E-state index in [1.54, 1.807) is 10.9 Å².